The van der Waals surface area contributed by atoms with Gasteiger partial charge in [0.25, 0.3) is 0 Å². The number of fused-ring (bicyclic) bond motifs is 9. The van der Waals surface area contributed by atoms with E-state index in [-0.39, 0.29) is 0 Å². The second-order valence-electron chi connectivity index (χ2n) is 12.0. The van der Waals surface area contributed by atoms with Gasteiger partial charge in [0, 0.05) is 44.0 Å². The lowest BCUT2D eigenvalue weighted by Crippen LogP contribution is -1.99. The van der Waals surface area contributed by atoms with Crippen LogP contribution in [0.3, 0.4) is 0 Å². The Morgan fingerprint density at radius 2 is 1.24 bits per heavy atom. The van der Waals surface area contributed by atoms with Crippen molar-refractivity contribution in [2.24, 2.45) is 0 Å². The number of nitrogens with zero attached hydrogens (tertiary/aromatic N) is 2. The van der Waals surface area contributed by atoms with E-state index in [1.807, 2.05) is 12.1 Å². The fourth-order valence-electron chi connectivity index (χ4n) is 7.65. The van der Waals surface area contributed by atoms with Crippen molar-refractivity contribution in [3.8, 4) is 22.5 Å². The summed E-state index contributed by atoms with van der Waals surface area (Å²) in [5.74, 6) is 0. The second kappa shape index (κ2) is 9.35. The van der Waals surface area contributed by atoms with Gasteiger partial charge < -0.3 is 13.6 Å². The van der Waals surface area contributed by atoms with Crippen LogP contribution in [-0.2, 0) is 6.42 Å². The molecule has 3 heterocycles. The zero-order valence-electron chi connectivity index (χ0n) is 24.6. The zero-order chi connectivity index (χ0) is 29.5. The van der Waals surface area contributed by atoms with Crippen LogP contribution in [0.4, 0.5) is 0 Å². The van der Waals surface area contributed by atoms with Gasteiger partial charge in [-0.25, -0.2) is 0 Å². The Morgan fingerprint density at radius 1 is 0.511 bits per heavy atom. The second-order valence-corrected chi connectivity index (χ2v) is 12.0. The molecule has 0 N–H and O–H groups in total. The molecule has 0 aliphatic heterocycles. The molecule has 0 atom stereocenters. The molecule has 0 saturated carbocycles. The molecule has 0 bridgehead atoms. The van der Waals surface area contributed by atoms with Crippen LogP contribution < -0.4 is 0 Å². The van der Waals surface area contributed by atoms with Crippen LogP contribution in [-0.4, -0.2) is 9.13 Å². The average Bonchev–Trinajstić information content (AvgIpc) is 3.75. The van der Waals surface area contributed by atoms with Crippen LogP contribution >= 0.6 is 0 Å². The van der Waals surface area contributed by atoms with E-state index in [1.54, 1.807) is 0 Å². The van der Waals surface area contributed by atoms with Gasteiger partial charge in [0.05, 0.1) is 16.6 Å². The predicted molar refractivity (Wildman–Crippen MR) is 188 cm³/mol. The fraction of sp³-hybridized carbons (Fsp3) is 0.0476. The molecule has 0 fully saturated rings. The first-order valence-corrected chi connectivity index (χ1v) is 15.7. The topological polar surface area (TPSA) is 23.0 Å². The molecule has 3 aromatic heterocycles. The van der Waals surface area contributed by atoms with Crippen LogP contribution in [0, 0.1) is 0 Å². The first kappa shape index (κ1) is 24.6. The highest BCUT2D eigenvalue weighted by molar-refractivity contribution is 6.15. The molecule has 1 aliphatic carbocycles. The van der Waals surface area contributed by atoms with Gasteiger partial charge in [0.15, 0.2) is 0 Å². The summed E-state index contributed by atoms with van der Waals surface area (Å²) in [5, 5.41) is 6.17. The summed E-state index contributed by atoms with van der Waals surface area (Å²) in [5.41, 5.74) is 13.0. The average molecular weight is 577 g/mol. The third kappa shape index (κ3) is 3.52. The first-order valence-electron chi connectivity index (χ1n) is 15.7. The van der Waals surface area contributed by atoms with Crippen LogP contribution in [0.5, 0.6) is 0 Å². The minimum atomic E-state index is 0.917. The highest BCUT2D eigenvalue weighted by Crippen LogP contribution is 2.42. The summed E-state index contributed by atoms with van der Waals surface area (Å²) in [6.45, 7) is 0. The number of hydrogen-bond donors (Lipinski definition) is 0. The van der Waals surface area contributed by atoms with Gasteiger partial charge >= 0.3 is 0 Å². The zero-order valence-corrected chi connectivity index (χ0v) is 24.6. The summed E-state index contributed by atoms with van der Waals surface area (Å²) >= 11 is 0. The van der Waals surface area contributed by atoms with Crippen LogP contribution in [0.1, 0.15) is 17.7 Å². The van der Waals surface area contributed by atoms with Crippen LogP contribution in [0.25, 0.3) is 83.2 Å². The van der Waals surface area contributed by atoms with Crippen molar-refractivity contribution >= 4 is 60.7 Å². The van der Waals surface area contributed by atoms with E-state index < -0.39 is 0 Å². The summed E-state index contributed by atoms with van der Waals surface area (Å²) in [6, 6.07) is 48.1. The van der Waals surface area contributed by atoms with Crippen LogP contribution in [0.2, 0.25) is 0 Å². The SMILES string of the molecule is C1=Cc2c(c3cc4c(cc3n2-c2ccccc2)c2ccccc2n4-c2cccc(-c3cccc4oc5ccccc5c34)c2)CC1. The summed E-state index contributed by atoms with van der Waals surface area (Å²) in [4.78, 5) is 0. The number of furan rings is 1. The highest BCUT2D eigenvalue weighted by atomic mass is 16.3. The van der Waals surface area contributed by atoms with E-state index in [0.29, 0.717) is 0 Å². The molecule has 0 saturated heterocycles. The molecule has 3 nitrogen and oxygen atoms in total. The molecule has 212 valence electrons. The third-order valence-electron chi connectivity index (χ3n) is 9.58. The summed E-state index contributed by atoms with van der Waals surface area (Å²) < 4.78 is 11.1. The standard InChI is InChI=1S/C42H28N2O/c1-2-13-28(14-3-1)43-36-20-7-4-16-31(36)34-26-39-35(25-38(34)43)32-17-5-8-21-37(32)44(39)29-15-10-12-27(24-29)30-19-11-23-41-42(30)33-18-6-9-22-40(33)45-41/h1-3,5-15,17-26H,4,16H2. The largest absolute Gasteiger partial charge is 0.456 e. The van der Waals surface area contributed by atoms with Crippen molar-refractivity contribution in [2.45, 2.75) is 12.8 Å². The maximum atomic E-state index is 6.24. The number of allylic oxidation sites excluding steroid dienone is 1. The van der Waals surface area contributed by atoms with Gasteiger partial charge in [0.1, 0.15) is 11.2 Å². The van der Waals surface area contributed by atoms with Crippen molar-refractivity contribution < 1.29 is 4.42 Å². The number of hydrogen-bond acceptors (Lipinski definition) is 1. The Balaban J connectivity index is 1.26. The lowest BCUT2D eigenvalue weighted by molar-refractivity contribution is 0.669. The van der Waals surface area contributed by atoms with Crippen molar-refractivity contribution in [1.82, 2.24) is 9.13 Å². The van der Waals surface area contributed by atoms with Crippen molar-refractivity contribution in [1.29, 1.82) is 0 Å². The smallest absolute Gasteiger partial charge is 0.136 e. The molecule has 9 aromatic rings. The minimum absolute atomic E-state index is 0.917. The Hall–Kier alpha value is -5.80. The summed E-state index contributed by atoms with van der Waals surface area (Å²) in [6.07, 6.45) is 6.74. The van der Waals surface area contributed by atoms with E-state index in [4.69, 9.17) is 4.42 Å². The molecule has 0 amide bonds. The maximum Gasteiger partial charge on any atom is 0.136 e. The lowest BCUT2D eigenvalue weighted by atomic mass is 9.99. The molecular weight excluding hydrogens is 548 g/mol. The van der Waals surface area contributed by atoms with Gasteiger partial charge in [0.2, 0.25) is 0 Å². The molecule has 0 spiro atoms. The predicted octanol–water partition coefficient (Wildman–Crippen LogP) is 11.3. The van der Waals surface area contributed by atoms with Crippen LogP contribution in [0.15, 0.2) is 144 Å². The van der Waals surface area contributed by atoms with Gasteiger partial charge in [-0.15, -0.1) is 0 Å². The van der Waals surface area contributed by atoms with E-state index in [2.05, 4.69) is 143 Å². The quantitative estimate of drug-likeness (QED) is 0.205. The molecular formula is C42H28N2O. The van der Waals surface area contributed by atoms with Crippen molar-refractivity contribution in [2.75, 3.05) is 0 Å². The molecule has 10 rings (SSSR count). The lowest BCUT2D eigenvalue weighted by Gasteiger charge is -2.12. The molecule has 3 heteroatoms. The number of para-hydroxylation sites is 3. The van der Waals surface area contributed by atoms with E-state index in [1.165, 1.54) is 60.8 Å². The monoisotopic (exact) mass is 576 g/mol. The Morgan fingerprint density at radius 3 is 2.18 bits per heavy atom. The summed E-state index contributed by atoms with van der Waals surface area (Å²) in [7, 11) is 0. The van der Waals surface area contributed by atoms with Gasteiger partial charge in [-0.1, -0.05) is 84.9 Å². The van der Waals surface area contributed by atoms with E-state index in [0.717, 1.165) is 40.5 Å². The molecule has 6 aromatic carbocycles. The van der Waals surface area contributed by atoms with Crippen molar-refractivity contribution in [3.63, 3.8) is 0 Å². The van der Waals surface area contributed by atoms with Gasteiger partial charge in [-0.2, -0.15) is 0 Å². The minimum Gasteiger partial charge on any atom is -0.456 e. The number of benzene rings is 6. The molecule has 0 unspecified atom stereocenters. The Kier molecular flexibility index (Phi) is 5.11. The molecule has 0 radical (unpaired) electrons. The maximum absolute atomic E-state index is 6.24. The Bertz CT molecular complexity index is 2650. The van der Waals surface area contributed by atoms with Gasteiger partial charge in [-0.3, -0.25) is 0 Å². The number of aryl methyl sites for hydroxylation is 1. The Labute approximate surface area is 259 Å². The van der Waals surface area contributed by atoms with E-state index in [9.17, 15) is 0 Å². The van der Waals surface area contributed by atoms with Crippen molar-refractivity contribution in [3.05, 3.63) is 151 Å². The van der Waals surface area contributed by atoms with Gasteiger partial charge in [-0.05, 0) is 90.2 Å². The molecule has 1 aliphatic rings. The molecule has 45 heavy (non-hydrogen) atoms. The first-order chi connectivity index (χ1) is 22.3. The fourth-order valence-corrected chi connectivity index (χ4v) is 7.65. The number of aromatic nitrogens is 2. The number of rotatable bonds is 3. The normalized spacial score (nSPS) is 13.1. The highest BCUT2D eigenvalue weighted by Gasteiger charge is 2.22. The van der Waals surface area contributed by atoms with E-state index >= 15 is 0 Å². The third-order valence-corrected chi connectivity index (χ3v) is 9.58.